The second-order valence-electron chi connectivity index (χ2n) is 5.34. The van der Waals surface area contributed by atoms with Gasteiger partial charge in [0.1, 0.15) is 0 Å². The van der Waals surface area contributed by atoms with E-state index in [1.165, 1.54) is 21.2 Å². The van der Waals surface area contributed by atoms with Gasteiger partial charge < -0.3 is 5.11 Å². The van der Waals surface area contributed by atoms with Crippen LogP contribution in [0.4, 0.5) is 0 Å². The Kier molecular flexibility index (Phi) is 4.73. The van der Waals surface area contributed by atoms with Crippen molar-refractivity contribution in [3.8, 4) is 0 Å². The average molecular weight is 361 g/mol. The van der Waals surface area contributed by atoms with E-state index in [0.717, 1.165) is 17.3 Å². The molecular formula is C18H17BrOS. The molecule has 0 fully saturated rings. The third-order valence-corrected chi connectivity index (χ3v) is 5.25. The quantitative estimate of drug-likeness (QED) is 0.674. The molecule has 2 aromatic carbocycles. The van der Waals surface area contributed by atoms with Crippen LogP contribution < -0.4 is 0 Å². The third kappa shape index (κ3) is 3.54. The molecule has 0 bridgehead atoms. The van der Waals surface area contributed by atoms with Crippen LogP contribution in [0.2, 0.25) is 0 Å². The smallest absolute Gasteiger partial charge is 0.0465 e. The molecule has 108 valence electrons. The molecule has 0 radical (unpaired) electrons. The van der Waals surface area contributed by atoms with Gasteiger partial charge in [-0.05, 0) is 58.9 Å². The van der Waals surface area contributed by atoms with Gasteiger partial charge in [-0.3, -0.25) is 0 Å². The summed E-state index contributed by atoms with van der Waals surface area (Å²) in [5.74, 6) is 0.261. The van der Waals surface area contributed by atoms with Gasteiger partial charge in [0.15, 0.2) is 0 Å². The maximum atomic E-state index is 9.72. The maximum absolute atomic E-state index is 9.72. The fourth-order valence-corrected chi connectivity index (χ4v) is 4.12. The number of hydrogen-bond acceptors (Lipinski definition) is 2. The highest BCUT2D eigenvalue weighted by Gasteiger charge is 2.13. The number of halogens is 1. The SMILES string of the molecule is OCC(Cc1cccc(Br)c1)Cc1csc2ccccc12. The Bertz CT molecular complexity index is 735. The van der Waals surface area contributed by atoms with Crippen molar-refractivity contribution in [2.45, 2.75) is 12.8 Å². The molecule has 0 saturated carbocycles. The van der Waals surface area contributed by atoms with E-state index in [1.807, 2.05) is 12.1 Å². The highest BCUT2D eigenvalue weighted by molar-refractivity contribution is 9.10. The fraction of sp³-hybridized carbons (Fsp3) is 0.222. The van der Waals surface area contributed by atoms with E-state index in [4.69, 9.17) is 0 Å². The summed E-state index contributed by atoms with van der Waals surface area (Å²) in [6.45, 7) is 0.219. The Morgan fingerprint density at radius 2 is 1.90 bits per heavy atom. The predicted octanol–water partition coefficient (Wildman–Crippen LogP) is 5.06. The van der Waals surface area contributed by atoms with Crippen LogP contribution in [0.15, 0.2) is 58.4 Å². The topological polar surface area (TPSA) is 20.2 Å². The minimum Gasteiger partial charge on any atom is -0.396 e. The fourth-order valence-electron chi connectivity index (χ4n) is 2.70. The van der Waals surface area contributed by atoms with E-state index < -0.39 is 0 Å². The average Bonchev–Trinajstić information content (AvgIpc) is 2.90. The van der Waals surface area contributed by atoms with Crippen molar-refractivity contribution in [3.05, 3.63) is 69.5 Å². The standard InChI is InChI=1S/C18H17BrOS/c19-16-5-3-4-13(10-16)8-14(11-20)9-15-12-21-18-7-2-1-6-17(15)18/h1-7,10,12,14,20H,8-9,11H2. The largest absolute Gasteiger partial charge is 0.396 e. The van der Waals surface area contributed by atoms with Crippen LogP contribution in [0.1, 0.15) is 11.1 Å². The molecular weight excluding hydrogens is 344 g/mol. The Morgan fingerprint density at radius 1 is 1.05 bits per heavy atom. The predicted molar refractivity (Wildman–Crippen MR) is 94.0 cm³/mol. The first kappa shape index (κ1) is 14.8. The Hall–Kier alpha value is -1.16. The zero-order valence-electron chi connectivity index (χ0n) is 11.6. The van der Waals surface area contributed by atoms with Crippen molar-refractivity contribution in [1.82, 2.24) is 0 Å². The van der Waals surface area contributed by atoms with Gasteiger partial charge in [0.2, 0.25) is 0 Å². The third-order valence-electron chi connectivity index (χ3n) is 3.74. The van der Waals surface area contributed by atoms with Gasteiger partial charge in [-0.25, -0.2) is 0 Å². The molecule has 0 amide bonds. The van der Waals surface area contributed by atoms with Gasteiger partial charge in [0.25, 0.3) is 0 Å². The van der Waals surface area contributed by atoms with Crippen molar-refractivity contribution in [2.75, 3.05) is 6.61 Å². The number of benzene rings is 2. The molecule has 1 nitrogen and oxygen atoms in total. The summed E-state index contributed by atoms with van der Waals surface area (Å²) in [5.41, 5.74) is 2.62. The van der Waals surface area contributed by atoms with Crippen LogP contribution in [-0.2, 0) is 12.8 Å². The van der Waals surface area contributed by atoms with E-state index >= 15 is 0 Å². The molecule has 3 heteroatoms. The molecule has 1 unspecified atom stereocenters. The summed E-state index contributed by atoms with van der Waals surface area (Å²) in [5, 5.41) is 13.3. The summed E-state index contributed by atoms with van der Waals surface area (Å²) in [4.78, 5) is 0. The van der Waals surface area contributed by atoms with Crippen LogP contribution in [0.3, 0.4) is 0 Å². The van der Waals surface area contributed by atoms with Crippen LogP contribution >= 0.6 is 27.3 Å². The Morgan fingerprint density at radius 3 is 2.71 bits per heavy atom. The minimum atomic E-state index is 0.219. The van der Waals surface area contributed by atoms with E-state index in [2.05, 4.69) is 57.7 Å². The molecule has 1 N–H and O–H groups in total. The van der Waals surface area contributed by atoms with E-state index in [9.17, 15) is 5.11 Å². The number of hydrogen-bond donors (Lipinski definition) is 1. The minimum absolute atomic E-state index is 0.219. The van der Waals surface area contributed by atoms with Crippen molar-refractivity contribution in [2.24, 2.45) is 5.92 Å². The van der Waals surface area contributed by atoms with Gasteiger partial charge >= 0.3 is 0 Å². The zero-order chi connectivity index (χ0) is 14.7. The molecule has 1 atom stereocenters. The van der Waals surface area contributed by atoms with Gasteiger partial charge in [-0.2, -0.15) is 0 Å². The Labute approximate surface area is 137 Å². The first-order valence-electron chi connectivity index (χ1n) is 7.06. The molecule has 0 aliphatic heterocycles. The molecule has 0 saturated heterocycles. The summed E-state index contributed by atoms with van der Waals surface area (Å²) >= 11 is 5.29. The lowest BCUT2D eigenvalue weighted by Crippen LogP contribution is -2.12. The lowest BCUT2D eigenvalue weighted by Gasteiger charge is -2.14. The molecule has 1 heterocycles. The normalized spacial score (nSPS) is 12.7. The summed E-state index contributed by atoms with van der Waals surface area (Å²) in [6.07, 6.45) is 1.83. The van der Waals surface area contributed by atoms with Crippen molar-refractivity contribution in [1.29, 1.82) is 0 Å². The number of aliphatic hydroxyl groups is 1. The van der Waals surface area contributed by atoms with Gasteiger partial charge in [0.05, 0.1) is 0 Å². The zero-order valence-corrected chi connectivity index (χ0v) is 14.0. The van der Waals surface area contributed by atoms with Crippen molar-refractivity contribution >= 4 is 37.4 Å². The van der Waals surface area contributed by atoms with Gasteiger partial charge in [-0.15, -0.1) is 11.3 Å². The van der Waals surface area contributed by atoms with Crippen molar-refractivity contribution in [3.63, 3.8) is 0 Å². The Balaban J connectivity index is 1.78. The second-order valence-corrected chi connectivity index (χ2v) is 7.17. The molecule has 0 spiro atoms. The number of aliphatic hydroxyl groups excluding tert-OH is 1. The highest BCUT2D eigenvalue weighted by atomic mass is 79.9. The number of thiophene rings is 1. The highest BCUT2D eigenvalue weighted by Crippen LogP contribution is 2.28. The van der Waals surface area contributed by atoms with Crippen LogP contribution in [0.25, 0.3) is 10.1 Å². The maximum Gasteiger partial charge on any atom is 0.0465 e. The molecule has 0 aliphatic carbocycles. The number of rotatable bonds is 5. The van der Waals surface area contributed by atoms with E-state index in [-0.39, 0.29) is 12.5 Å². The number of fused-ring (bicyclic) bond motifs is 1. The molecule has 21 heavy (non-hydrogen) atoms. The second kappa shape index (κ2) is 6.73. The summed E-state index contributed by atoms with van der Waals surface area (Å²) in [6, 6.07) is 16.8. The first-order chi connectivity index (χ1) is 10.3. The van der Waals surface area contributed by atoms with E-state index in [1.54, 1.807) is 11.3 Å². The summed E-state index contributed by atoms with van der Waals surface area (Å²) in [7, 11) is 0. The van der Waals surface area contributed by atoms with Crippen LogP contribution in [0, 0.1) is 5.92 Å². The van der Waals surface area contributed by atoms with Crippen LogP contribution in [-0.4, -0.2) is 11.7 Å². The first-order valence-corrected chi connectivity index (χ1v) is 8.74. The van der Waals surface area contributed by atoms with Gasteiger partial charge in [-0.1, -0.05) is 46.3 Å². The summed E-state index contributed by atoms with van der Waals surface area (Å²) < 4.78 is 2.42. The lowest BCUT2D eigenvalue weighted by atomic mass is 9.93. The lowest BCUT2D eigenvalue weighted by molar-refractivity contribution is 0.225. The monoisotopic (exact) mass is 360 g/mol. The van der Waals surface area contributed by atoms with Crippen molar-refractivity contribution < 1.29 is 5.11 Å². The van der Waals surface area contributed by atoms with Gasteiger partial charge in [0, 0.05) is 15.8 Å². The molecule has 3 rings (SSSR count). The van der Waals surface area contributed by atoms with E-state index in [0.29, 0.717) is 0 Å². The van der Waals surface area contributed by atoms with Crippen LogP contribution in [0.5, 0.6) is 0 Å². The molecule has 0 aliphatic rings. The molecule has 3 aromatic rings. The molecule has 1 aromatic heterocycles.